The van der Waals surface area contributed by atoms with Crippen molar-refractivity contribution in [2.75, 3.05) is 24.7 Å². The van der Waals surface area contributed by atoms with Crippen LogP contribution in [-0.4, -0.2) is 77.2 Å². The molecule has 10 heteroatoms. The van der Waals surface area contributed by atoms with E-state index >= 15 is 9.59 Å². The van der Waals surface area contributed by atoms with Gasteiger partial charge in [-0.05, 0) is 59.7 Å². The summed E-state index contributed by atoms with van der Waals surface area (Å²) in [6.07, 6.45) is 4.45. The number of nitrogens with zero attached hydrogens (tertiary/aromatic N) is 2. The lowest BCUT2D eigenvalue weighted by Gasteiger charge is -2.39. The average Bonchev–Trinajstić information content (AvgIpc) is 3.87. The number of hydrogen-bond acceptors (Lipinski definition) is 7. The van der Waals surface area contributed by atoms with Gasteiger partial charge in [0.15, 0.2) is 0 Å². The van der Waals surface area contributed by atoms with E-state index in [-0.39, 0.29) is 25.5 Å². The van der Waals surface area contributed by atoms with E-state index in [1.165, 1.54) is 4.90 Å². The van der Waals surface area contributed by atoms with Gasteiger partial charge in [0.05, 0.1) is 36.6 Å². The number of rotatable bonds is 16. The molecule has 3 fully saturated rings. The molecule has 1 spiro atoms. The second-order valence-corrected chi connectivity index (χ2v) is 14.6. The Morgan fingerprint density at radius 3 is 2.38 bits per heavy atom. The molecule has 2 N–H and O–H groups in total. The molecule has 0 aromatic heterocycles. The van der Waals surface area contributed by atoms with Gasteiger partial charge < -0.3 is 29.7 Å². The lowest BCUT2D eigenvalue weighted by Crippen LogP contribution is -2.59. The molecule has 3 aliphatic rings. The van der Waals surface area contributed by atoms with Crippen molar-refractivity contribution in [2.24, 2.45) is 11.8 Å². The van der Waals surface area contributed by atoms with Gasteiger partial charge >= 0.3 is 5.97 Å². The third kappa shape index (κ3) is 7.32. The number of amides is 3. The number of hydrogen-bond donors (Lipinski definition) is 2. The number of carbonyl (C=O) groups is 4. The minimum Gasteiger partial charge on any atom is -0.463 e. The largest absolute Gasteiger partial charge is 0.463 e. The Kier molecular flexibility index (Phi) is 11.3. The second-order valence-electron chi connectivity index (χ2n) is 14.6. The van der Waals surface area contributed by atoms with E-state index in [0.29, 0.717) is 31.4 Å². The Bertz CT molecular complexity index is 2060. The van der Waals surface area contributed by atoms with Crippen molar-refractivity contribution in [3.8, 4) is 0 Å². The molecule has 0 aliphatic carbocycles. The van der Waals surface area contributed by atoms with Crippen molar-refractivity contribution in [1.29, 1.82) is 0 Å². The number of ether oxygens (including phenoxy) is 2. The summed E-state index contributed by atoms with van der Waals surface area (Å²) < 4.78 is 12.4. The molecule has 7 rings (SSSR count). The summed E-state index contributed by atoms with van der Waals surface area (Å²) in [5, 5.41) is 16.0. The zero-order valence-corrected chi connectivity index (χ0v) is 30.8. The second kappa shape index (κ2) is 16.4. The Morgan fingerprint density at radius 2 is 1.67 bits per heavy atom. The zero-order valence-electron chi connectivity index (χ0n) is 30.8. The number of allylic oxidation sites excluding steroid dienone is 1. The van der Waals surface area contributed by atoms with Crippen LogP contribution in [0.1, 0.15) is 42.9 Å². The maximum Gasteiger partial charge on any atom is 0.306 e. The summed E-state index contributed by atoms with van der Waals surface area (Å²) in [6, 6.07) is 29.8. The van der Waals surface area contributed by atoms with Gasteiger partial charge in [-0.2, -0.15) is 0 Å². The van der Waals surface area contributed by atoms with Crippen molar-refractivity contribution in [3.63, 3.8) is 0 Å². The summed E-state index contributed by atoms with van der Waals surface area (Å²) in [5.74, 6) is -3.51. The van der Waals surface area contributed by atoms with Gasteiger partial charge in [-0.3, -0.25) is 19.2 Å². The molecule has 10 nitrogen and oxygen atoms in total. The molecule has 0 saturated carbocycles. The first-order valence-corrected chi connectivity index (χ1v) is 19.0. The lowest BCUT2D eigenvalue weighted by molar-refractivity contribution is -0.146. The molecule has 3 aliphatic heterocycles. The summed E-state index contributed by atoms with van der Waals surface area (Å²) in [5.41, 5.74) is 0.938. The molecule has 4 aromatic carbocycles. The van der Waals surface area contributed by atoms with Gasteiger partial charge in [0.1, 0.15) is 18.2 Å². The van der Waals surface area contributed by atoms with Crippen LogP contribution in [0.2, 0.25) is 0 Å². The third-order valence-corrected chi connectivity index (χ3v) is 11.3. The summed E-state index contributed by atoms with van der Waals surface area (Å²) in [6.45, 7) is 7.26. The quantitative estimate of drug-likeness (QED) is 0.112. The highest BCUT2D eigenvalue weighted by Gasteiger charge is 2.75. The molecule has 0 unspecified atom stereocenters. The highest BCUT2D eigenvalue weighted by atomic mass is 16.5. The van der Waals surface area contributed by atoms with Gasteiger partial charge in [-0.1, -0.05) is 103 Å². The number of fused-ring (bicyclic) bond motifs is 2. The van der Waals surface area contributed by atoms with Gasteiger partial charge in [0, 0.05) is 18.7 Å². The molecule has 284 valence electrons. The molecule has 55 heavy (non-hydrogen) atoms. The van der Waals surface area contributed by atoms with Gasteiger partial charge in [-0.15, -0.1) is 13.2 Å². The highest BCUT2D eigenvalue weighted by Crippen LogP contribution is 2.59. The first-order valence-electron chi connectivity index (χ1n) is 19.0. The lowest BCUT2D eigenvalue weighted by atomic mass is 9.70. The molecule has 0 radical (unpaired) electrons. The monoisotopic (exact) mass is 741 g/mol. The van der Waals surface area contributed by atoms with Crippen molar-refractivity contribution in [1.82, 2.24) is 10.2 Å². The fourth-order valence-electron chi connectivity index (χ4n) is 8.79. The Labute approximate surface area is 321 Å². The molecular weight excluding hydrogens is 695 g/mol. The number of aliphatic hydroxyl groups is 1. The zero-order chi connectivity index (χ0) is 38.5. The maximum atomic E-state index is 15.3. The normalized spacial score (nSPS) is 23.5. The van der Waals surface area contributed by atoms with Gasteiger partial charge in [-0.25, -0.2) is 0 Å². The number of benzene rings is 4. The molecule has 3 amide bonds. The maximum absolute atomic E-state index is 15.3. The van der Waals surface area contributed by atoms with Crippen molar-refractivity contribution >= 4 is 40.2 Å². The number of likely N-dealkylation sites (tertiary alicyclic amines) is 1. The predicted molar refractivity (Wildman–Crippen MR) is 210 cm³/mol. The van der Waals surface area contributed by atoms with Crippen LogP contribution >= 0.6 is 0 Å². The Balaban J connectivity index is 1.25. The molecule has 3 heterocycles. The standard InChI is InChI=1S/C45H47N3O7/c1-3-5-20-38(50)54-29-36(32-17-10-7-11-18-32)46-42(51)39-37-23-24-45(55-37)40(39)43(52)48(35(28-49)26-30-14-8-6-9-15-30)41(45)44(53)47(25-4-2)34-22-21-31-16-12-13-19-33(31)27-34/h3-4,6-19,21-22,27,35-37,39-41,49H,1-2,5,20,23-26,28-29H2,(H,46,51)/t35-,36-,37-,39+,40+,41-,45+/m1/s1. The predicted octanol–water partition coefficient (Wildman–Crippen LogP) is 5.70. The van der Waals surface area contributed by atoms with Crippen LogP contribution < -0.4 is 10.2 Å². The Hall–Kier alpha value is -5.58. The van der Waals surface area contributed by atoms with Crippen LogP contribution in [0.25, 0.3) is 10.8 Å². The SMILES string of the molecule is C=CCCC(=O)OC[C@@H](NC(=O)[C@@H]1[C@H]2C(=O)N([C@@H](CO)Cc3ccccc3)[C@H](C(=O)N(CC=C)c3ccc4ccccc4c3)[C@]23CC[C@H]1O3)c1ccccc1. The van der Waals surface area contributed by atoms with Crippen molar-refractivity contribution < 1.29 is 33.8 Å². The molecular formula is C45H47N3O7. The van der Waals surface area contributed by atoms with Crippen LogP contribution in [0.15, 0.2) is 128 Å². The van der Waals surface area contributed by atoms with E-state index in [2.05, 4.69) is 18.5 Å². The summed E-state index contributed by atoms with van der Waals surface area (Å²) in [7, 11) is 0. The number of anilines is 1. The number of aliphatic hydroxyl groups excluding tert-OH is 1. The molecule has 7 atom stereocenters. The van der Waals surface area contributed by atoms with Crippen LogP contribution in [0.4, 0.5) is 5.69 Å². The van der Waals surface area contributed by atoms with E-state index in [1.807, 2.05) is 103 Å². The van der Waals surface area contributed by atoms with E-state index < -0.39 is 66.1 Å². The van der Waals surface area contributed by atoms with Crippen LogP contribution in [0.5, 0.6) is 0 Å². The molecule has 4 aromatic rings. The first kappa shape index (κ1) is 37.7. The van der Waals surface area contributed by atoms with Crippen molar-refractivity contribution in [3.05, 3.63) is 140 Å². The van der Waals surface area contributed by atoms with E-state index in [0.717, 1.165) is 21.9 Å². The number of esters is 1. The minimum absolute atomic E-state index is 0.104. The smallest absolute Gasteiger partial charge is 0.306 e. The topological polar surface area (TPSA) is 125 Å². The average molecular weight is 742 g/mol. The van der Waals surface area contributed by atoms with Gasteiger partial charge in [0.25, 0.3) is 5.91 Å². The fraction of sp³-hybridized carbons (Fsp3) is 0.333. The van der Waals surface area contributed by atoms with Crippen LogP contribution in [0.3, 0.4) is 0 Å². The van der Waals surface area contributed by atoms with E-state index in [4.69, 9.17) is 9.47 Å². The van der Waals surface area contributed by atoms with Crippen molar-refractivity contribution in [2.45, 2.75) is 61.9 Å². The van der Waals surface area contributed by atoms with E-state index in [1.54, 1.807) is 17.1 Å². The first-order chi connectivity index (χ1) is 26.8. The summed E-state index contributed by atoms with van der Waals surface area (Å²) in [4.78, 5) is 60.5. The summed E-state index contributed by atoms with van der Waals surface area (Å²) >= 11 is 0. The fourth-order valence-corrected chi connectivity index (χ4v) is 8.79. The van der Waals surface area contributed by atoms with E-state index in [9.17, 15) is 14.7 Å². The van der Waals surface area contributed by atoms with Crippen LogP contribution in [0, 0.1) is 11.8 Å². The third-order valence-electron chi connectivity index (χ3n) is 11.3. The minimum atomic E-state index is -1.32. The number of carbonyl (C=O) groups excluding carboxylic acids is 4. The molecule has 3 saturated heterocycles. The van der Waals surface area contributed by atoms with Gasteiger partial charge in [0.2, 0.25) is 11.8 Å². The molecule has 2 bridgehead atoms. The number of nitrogens with one attached hydrogen (secondary N) is 1. The van der Waals surface area contributed by atoms with Crippen LogP contribution in [-0.2, 0) is 35.1 Å². The Morgan fingerprint density at radius 1 is 0.964 bits per heavy atom. The highest BCUT2D eigenvalue weighted by molar-refractivity contribution is 6.06.